The minimum absolute atomic E-state index is 0.440. The van der Waals surface area contributed by atoms with E-state index in [4.69, 9.17) is 0 Å². The summed E-state index contributed by atoms with van der Waals surface area (Å²) in [6.07, 6.45) is 3.41. The Hall–Kier alpha value is -1.00. The highest BCUT2D eigenvalue weighted by Gasteiger charge is 2.38. The van der Waals surface area contributed by atoms with Crippen molar-refractivity contribution >= 4 is 0 Å². The van der Waals surface area contributed by atoms with Crippen molar-refractivity contribution in [1.29, 1.82) is 0 Å². The topological polar surface area (TPSA) is 23.5 Å². The van der Waals surface area contributed by atoms with Gasteiger partial charge in [-0.25, -0.2) is 8.78 Å². The van der Waals surface area contributed by atoms with Crippen LogP contribution < -0.4 is 0 Å². The van der Waals surface area contributed by atoms with Crippen LogP contribution in [0.25, 0.3) is 0 Å². The Labute approximate surface area is 119 Å². The first-order valence-electron chi connectivity index (χ1n) is 7.37. The van der Waals surface area contributed by atoms with Gasteiger partial charge in [0.25, 0.3) is 0 Å². The highest BCUT2D eigenvalue weighted by molar-refractivity contribution is 5.23. The van der Waals surface area contributed by atoms with Crippen molar-refractivity contribution in [2.24, 2.45) is 0 Å². The number of nitrogens with zero attached hydrogens (tertiary/aromatic N) is 1. The quantitative estimate of drug-likeness (QED) is 0.911. The molecule has 112 valence electrons. The van der Waals surface area contributed by atoms with Crippen LogP contribution in [0.3, 0.4) is 0 Å². The van der Waals surface area contributed by atoms with Crippen LogP contribution in [0.2, 0.25) is 0 Å². The molecule has 0 aliphatic carbocycles. The highest BCUT2D eigenvalue weighted by atomic mass is 19.2. The van der Waals surface area contributed by atoms with Gasteiger partial charge >= 0.3 is 0 Å². The molecular weight excluding hydrogens is 260 g/mol. The number of likely N-dealkylation sites (tertiary alicyclic amines) is 1. The second kappa shape index (κ2) is 6.19. The fraction of sp³-hybridized carbons (Fsp3) is 0.625. The standard InChI is InChI=1S/C16H23F2NO/c1-3-16(2,19-9-5-4-6-10-19)15(20)12-7-8-13(17)14(18)11-12/h7-8,11,15,20H,3-6,9-10H2,1-2H3. The average Bonchev–Trinajstić information content (AvgIpc) is 2.49. The number of aliphatic hydroxyl groups excluding tert-OH is 1. The zero-order chi connectivity index (χ0) is 14.8. The van der Waals surface area contributed by atoms with Crippen LogP contribution in [0.1, 0.15) is 51.2 Å². The van der Waals surface area contributed by atoms with Crippen LogP contribution in [0, 0.1) is 11.6 Å². The lowest BCUT2D eigenvalue weighted by atomic mass is 9.84. The van der Waals surface area contributed by atoms with E-state index in [0.29, 0.717) is 5.56 Å². The lowest BCUT2D eigenvalue weighted by molar-refractivity contribution is -0.0353. The van der Waals surface area contributed by atoms with Gasteiger partial charge < -0.3 is 5.11 Å². The second-order valence-electron chi connectivity index (χ2n) is 5.83. The minimum Gasteiger partial charge on any atom is -0.386 e. The fourth-order valence-corrected chi connectivity index (χ4v) is 3.04. The van der Waals surface area contributed by atoms with Gasteiger partial charge in [-0.3, -0.25) is 4.90 Å². The maximum absolute atomic E-state index is 13.4. The number of piperidine rings is 1. The van der Waals surface area contributed by atoms with E-state index in [1.807, 2.05) is 13.8 Å². The van der Waals surface area contributed by atoms with Crippen LogP contribution in [0.15, 0.2) is 18.2 Å². The van der Waals surface area contributed by atoms with Crippen LogP contribution in [-0.2, 0) is 0 Å². The normalized spacial score (nSPS) is 21.4. The maximum atomic E-state index is 13.4. The van der Waals surface area contributed by atoms with Gasteiger partial charge in [0.15, 0.2) is 11.6 Å². The third kappa shape index (κ3) is 2.86. The summed E-state index contributed by atoms with van der Waals surface area (Å²) >= 11 is 0. The largest absolute Gasteiger partial charge is 0.386 e. The Balaban J connectivity index is 2.26. The highest BCUT2D eigenvalue weighted by Crippen LogP contribution is 2.36. The molecule has 0 spiro atoms. The zero-order valence-corrected chi connectivity index (χ0v) is 12.2. The van der Waals surface area contributed by atoms with Crippen molar-refractivity contribution in [1.82, 2.24) is 4.90 Å². The smallest absolute Gasteiger partial charge is 0.159 e. The molecule has 2 atom stereocenters. The molecule has 2 rings (SSSR count). The van der Waals surface area contributed by atoms with Gasteiger partial charge in [0.2, 0.25) is 0 Å². The van der Waals surface area contributed by atoms with Gasteiger partial charge in [-0.05, 0) is 57.0 Å². The SMILES string of the molecule is CCC(C)(C(O)c1ccc(F)c(F)c1)N1CCCCC1. The van der Waals surface area contributed by atoms with Crippen LogP contribution in [0.4, 0.5) is 8.78 Å². The average molecular weight is 283 g/mol. The number of hydrogen-bond acceptors (Lipinski definition) is 2. The molecule has 2 unspecified atom stereocenters. The molecule has 1 N–H and O–H groups in total. The molecule has 1 fully saturated rings. The predicted molar refractivity (Wildman–Crippen MR) is 75.4 cm³/mol. The summed E-state index contributed by atoms with van der Waals surface area (Å²) < 4.78 is 26.4. The van der Waals surface area contributed by atoms with Crippen LogP contribution in [-0.4, -0.2) is 28.6 Å². The van der Waals surface area contributed by atoms with Gasteiger partial charge in [0, 0.05) is 5.54 Å². The molecule has 20 heavy (non-hydrogen) atoms. The van der Waals surface area contributed by atoms with E-state index in [-0.39, 0.29) is 0 Å². The van der Waals surface area contributed by atoms with Gasteiger partial charge in [-0.2, -0.15) is 0 Å². The van der Waals surface area contributed by atoms with Crippen molar-refractivity contribution in [3.05, 3.63) is 35.4 Å². The molecular formula is C16H23F2NO. The first-order valence-corrected chi connectivity index (χ1v) is 7.37. The molecule has 2 nitrogen and oxygen atoms in total. The Kier molecular flexibility index (Phi) is 4.76. The first-order chi connectivity index (χ1) is 9.49. The minimum atomic E-state index is -0.904. The molecule has 1 saturated heterocycles. The second-order valence-corrected chi connectivity index (χ2v) is 5.83. The summed E-state index contributed by atoms with van der Waals surface area (Å²) in [5.74, 6) is -1.78. The van der Waals surface area contributed by atoms with Crippen molar-refractivity contribution in [3.63, 3.8) is 0 Å². The van der Waals surface area contributed by atoms with Gasteiger partial charge in [-0.1, -0.05) is 19.4 Å². The molecule has 0 saturated carbocycles. The van der Waals surface area contributed by atoms with Crippen LogP contribution >= 0.6 is 0 Å². The summed E-state index contributed by atoms with van der Waals surface area (Å²) in [7, 11) is 0. The van der Waals surface area contributed by atoms with Gasteiger partial charge in [-0.15, -0.1) is 0 Å². The molecule has 0 radical (unpaired) electrons. The molecule has 1 aliphatic heterocycles. The van der Waals surface area contributed by atoms with Crippen LogP contribution in [0.5, 0.6) is 0 Å². The summed E-state index contributed by atoms with van der Waals surface area (Å²) in [5.41, 5.74) is 0.00356. The number of benzene rings is 1. The summed E-state index contributed by atoms with van der Waals surface area (Å²) in [5, 5.41) is 10.7. The van der Waals surface area contributed by atoms with E-state index in [1.165, 1.54) is 12.5 Å². The maximum Gasteiger partial charge on any atom is 0.159 e. The summed E-state index contributed by atoms with van der Waals surface area (Å²) in [4.78, 5) is 2.28. The zero-order valence-electron chi connectivity index (χ0n) is 12.2. The molecule has 0 aromatic heterocycles. The third-order valence-electron chi connectivity index (χ3n) is 4.64. The Morgan fingerprint density at radius 1 is 1.20 bits per heavy atom. The summed E-state index contributed by atoms with van der Waals surface area (Å²) in [6, 6.07) is 3.67. The molecule has 0 bridgehead atoms. The third-order valence-corrected chi connectivity index (χ3v) is 4.64. The molecule has 1 heterocycles. The van der Waals surface area contributed by atoms with Crippen molar-refractivity contribution in [2.75, 3.05) is 13.1 Å². The van der Waals surface area contributed by atoms with E-state index in [9.17, 15) is 13.9 Å². The van der Waals surface area contributed by atoms with Gasteiger partial charge in [0.1, 0.15) is 0 Å². The number of hydrogen-bond donors (Lipinski definition) is 1. The Bertz CT molecular complexity index is 460. The first kappa shape index (κ1) is 15.4. The van der Waals surface area contributed by atoms with Crippen molar-refractivity contribution < 1.29 is 13.9 Å². The van der Waals surface area contributed by atoms with E-state index < -0.39 is 23.3 Å². The Morgan fingerprint density at radius 2 is 1.85 bits per heavy atom. The van der Waals surface area contributed by atoms with E-state index in [0.717, 1.165) is 44.5 Å². The Morgan fingerprint density at radius 3 is 2.40 bits per heavy atom. The monoisotopic (exact) mass is 283 g/mol. The van der Waals surface area contributed by atoms with Gasteiger partial charge in [0.05, 0.1) is 6.10 Å². The fourth-order valence-electron chi connectivity index (χ4n) is 3.04. The van der Waals surface area contributed by atoms with Crippen molar-refractivity contribution in [3.8, 4) is 0 Å². The van der Waals surface area contributed by atoms with Crippen molar-refractivity contribution in [2.45, 2.75) is 51.2 Å². The number of rotatable bonds is 4. The predicted octanol–water partition coefficient (Wildman–Crippen LogP) is 3.65. The summed E-state index contributed by atoms with van der Waals surface area (Å²) in [6.45, 7) is 5.93. The molecule has 0 amide bonds. The molecule has 1 aromatic carbocycles. The molecule has 1 aliphatic rings. The van der Waals surface area contributed by atoms with E-state index in [2.05, 4.69) is 4.90 Å². The van der Waals surface area contributed by atoms with E-state index >= 15 is 0 Å². The van der Waals surface area contributed by atoms with E-state index in [1.54, 1.807) is 0 Å². The molecule has 1 aromatic rings. The lowest BCUT2D eigenvalue weighted by Crippen LogP contribution is -2.52. The lowest BCUT2D eigenvalue weighted by Gasteiger charge is -2.46. The number of aliphatic hydroxyl groups is 1. The molecule has 4 heteroatoms. The number of halogens is 2.